The molecule has 0 bridgehead atoms. The summed E-state index contributed by atoms with van der Waals surface area (Å²) in [6, 6.07) is 4.88. The van der Waals surface area contributed by atoms with Gasteiger partial charge in [0, 0.05) is 13.1 Å². The van der Waals surface area contributed by atoms with E-state index < -0.39 is 29.7 Å². The molecular formula is C17H20FN3O4. The van der Waals surface area contributed by atoms with Crippen LogP contribution in [0.4, 0.5) is 4.39 Å². The molecule has 0 radical (unpaired) electrons. The molecule has 0 saturated carbocycles. The highest BCUT2D eigenvalue weighted by Gasteiger charge is 2.42. The fraction of sp³-hybridized carbons (Fsp3) is 0.471. The van der Waals surface area contributed by atoms with Crippen molar-refractivity contribution in [3.63, 3.8) is 0 Å². The Balaban J connectivity index is 1.95. The number of halogens is 1. The van der Waals surface area contributed by atoms with Gasteiger partial charge >= 0.3 is 5.97 Å². The smallest absolute Gasteiger partial charge is 0.321 e. The van der Waals surface area contributed by atoms with Gasteiger partial charge in [0.1, 0.15) is 11.9 Å². The van der Waals surface area contributed by atoms with Crippen LogP contribution in [0.15, 0.2) is 29.3 Å². The number of ether oxygens (including phenoxy) is 2. The number of carbonyl (C=O) groups excluding carboxylic acids is 2. The molecule has 8 heteroatoms. The predicted octanol–water partition coefficient (Wildman–Crippen LogP) is 0.864. The summed E-state index contributed by atoms with van der Waals surface area (Å²) in [4.78, 5) is 31.3. The number of amides is 1. The number of aliphatic imine (C=N–C) groups is 1. The molecule has 1 fully saturated rings. The molecule has 3 rings (SSSR count). The lowest BCUT2D eigenvalue weighted by molar-refractivity contribution is -0.153. The molecule has 0 aliphatic carbocycles. The van der Waals surface area contributed by atoms with Crippen LogP contribution in [-0.2, 0) is 19.1 Å². The van der Waals surface area contributed by atoms with Crippen molar-refractivity contribution >= 4 is 17.8 Å². The number of hydrogen-bond donors (Lipinski definition) is 1. The van der Waals surface area contributed by atoms with E-state index in [1.54, 1.807) is 6.92 Å². The molecule has 25 heavy (non-hydrogen) atoms. The molecule has 1 N–H and O–H groups in total. The number of rotatable bonds is 3. The minimum Gasteiger partial charge on any atom is -0.465 e. The Hall–Kier alpha value is -2.48. The third-order valence-electron chi connectivity index (χ3n) is 4.16. The van der Waals surface area contributed by atoms with Crippen molar-refractivity contribution in [1.82, 2.24) is 10.2 Å². The normalized spacial score (nSPS) is 23.7. The van der Waals surface area contributed by atoms with E-state index in [2.05, 4.69) is 10.3 Å². The first kappa shape index (κ1) is 17.3. The van der Waals surface area contributed by atoms with Gasteiger partial charge in [-0.2, -0.15) is 0 Å². The highest BCUT2D eigenvalue weighted by Crippen LogP contribution is 2.31. The van der Waals surface area contributed by atoms with E-state index in [1.165, 1.54) is 24.3 Å². The highest BCUT2D eigenvalue weighted by molar-refractivity contribution is 6.08. The number of carbonyl (C=O) groups is 2. The Morgan fingerprint density at radius 1 is 1.36 bits per heavy atom. The molecule has 1 aromatic rings. The monoisotopic (exact) mass is 349 g/mol. The minimum atomic E-state index is -1.10. The van der Waals surface area contributed by atoms with Crippen LogP contribution in [0.2, 0.25) is 0 Å². The second kappa shape index (κ2) is 7.60. The summed E-state index contributed by atoms with van der Waals surface area (Å²) < 4.78 is 23.6. The molecule has 1 amide bonds. The Kier molecular flexibility index (Phi) is 5.28. The number of hydrogen-bond acceptors (Lipinski definition) is 6. The van der Waals surface area contributed by atoms with Crippen LogP contribution in [0.1, 0.15) is 18.5 Å². The zero-order valence-electron chi connectivity index (χ0n) is 13.9. The van der Waals surface area contributed by atoms with Crippen LogP contribution in [0.25, 0.3) is 0 Å². The van der Waals surface area contributed by atoms with Crippen molar-refractivity contribution in [1.29, 1.82) is 0 Å². The zero-order valence-corrected chi connectivity index (χ0v) is 13.9. The Bertz CT molecular complexity index is 671. The van der Waals surface area contributed by atoms with Gasteiger partial charge < -0.3 is 14.4 Å². The molecule has 2 atom stereocenters. The first-order valence-electron chi connectivity index (χ1n) is 8.23. The van der Waals surface area contributed by atoms with Gasteiger partial charge in [-0.1, -0.05) is 12.1 Å². The maximum Gasteiger partial charge on any atom is 0.321 e. The number of morpholine rings is 1. The van der Waals surface area contributed by atoms with Crippen molar-refractivity contribution in [2.24, 2.45) is 10.9 Å². The second-order valence-corrected chi connectivity index (χ2v) is 5.77. The molecular weight excluding hydrogens is 329 g/mol. The fourth-order valence-corrected chi connectivity index (χ4v) is 2.90. The molecule has 1 aromatic carbocycles. The first-order valence-corrected chi connectivity index (χ1v) is 8.23. The van der Waals surface area contributed by atoms with Crippen molar-refractivity contribution in [2.45, 2.75) is 13.0 Å². The Labute approximate surface area is 144 Å². The number of guanidine groups is 1. The summed E-state index contributed by atoms with van der Waals surface area (Å²) in [6.45, 7) is 4.11. The summed E-state index contributed by atoms with van der Waals surface area (Å²) in [7, 11) is 0. The van der Waals surface area contributed by atoms with Gasteiger partial charge in [0.15, 0.2) is 5.92 Å². The Morgan fingerprint density at radius 2 is 2.04 bits per heavy atom. The SMILES string of the molecule is CCOC(=O)[C@H]1C(=O)NC(N2CCOCC2)=N[C@@H]1c1ccc(F)cc1. The van der Waals surface area contributed by atoms with Crippen molar-refractivity contribution in [3.8, 4) is 0 Å². The zero-order chi connectivity index (χ0) is 17.8. The predicted molar refractivity (Wildman–Crippen MR) is 87.2 cm³/mol. The van der Waals surface area contributed by atoms with Crippen LogP contribution in [0.5, 0.6) is 0 Å². The number of nitrogens with one attached hydrogen (secondary N) is 1. The van der Waals surface area contributed by atoms with E-state index in [0.717, 1.165) is 0 Å². The van der Waals surface area contributed by atoms with Crippen LogP contribution in [0, 0.1) is 11.7 Å². The average Bonchev–Trinajstić information content (AvgIpc) is 2.62. The molecule has 2 aliphatic rings. The van der Waals surface area contributed by atoms with Crippen molar-refractivity contribution < 1.29 is 23.5 Å². The number of esters is 1. The minimum absolute atomic E-state index is 0.165. The number of benzene rings is 1. The summed E-state index contributed by atoms with van der Waals surface area (Å²) in [5.41, 5.74) is 0.583. The third-order valence-corrected chi connectivity index (χ3v) is 4.16. The quantitative estimate of drug-likeness (QED) is 0.647. The molecule has 2 heterocycles. The van der Waals surface area contributed by atoms with Gasteiger partial charge in [-0.3, -0.25) is 14.9 Å². The molecule has 0 aromatic heterocycles. The molecule has 134 valence electrons. The van der Waals surface area contributed by atoms with Crippen LogP contribution in [-0.4, -0.2) is 55.6 Å². The maximum absolute atomic E-state index is 13.2. The molecule has 2 aliphatic heterocycles. The van der Waals surface area contributed by atoms with Gasteiger partial charge in [-0.25, -0.2) is 9.38 Å². The maximum atomic E-state index is 13.2. The van der Waals surface area contributed by atoms with Crippen LogP contribution < -0.4 is 5.32 Å². The molecule has 0 spiro atoms. The topological polar surface area (TPSA) is 80.2 Å². The summed E-state index contributed by atoms with van der Waals surface area (Å²) >= 11 is 0. The lowest BCUT2D eigenvalue weighted by Gasteiger charge is -2.35. The van der Waals surface area contributed by atoms with E-state index in [-0.39, 0.29) is 6.61 Å². The van der Waals surface area contributed by atoms with Gasteiger partial charge in [0.2, 0.25) is 11.9 Å². The lowest BCUT2D eigenvalue weighted by Crippen LogP contribution is -2.55. The van der Waals surface area contributed by atoms with Gasteiger partial charge in [-0.05, 0) is 24.6 Å². The van der Waals surface area contributed by atoms with Crippen molar-refractivity contribution in [2.75, 3.05) is 32.9 Å². The highest BCUT2D eigenvalue weighted by atomic mass is 19.1. The van der Waals surface area contributed by atoms with Gasteiger partial charge in [-0.15, -0.1) is 0 Å². The standard InChI is InChI=1S/C17H20FN3O4/c1-2-25-16(23)13-14(11-3-5-12(18)6-4-11)19-17(20-15(13)22)21-7-9-24-10-8-21/h3-6,13-14H,2,7-10H2,1H3,(H,19,20,22)/t13-,14-/m1/s1. The van der Waals surface area contributed by atoms with Crippen LogP contribution in [0.3, 0.4) is 0 Å². The average molecular weight is 349 g/mol. The summed E-state index contributed by atoms with van der Waals surface area (Å²) in [5, 5.41) is 2.69. The third kappa shape index (κ3) is 3.79. The summed E-state index contributed by atoms with van der Waals surface area (Å²) in [6.07, 6.45) is 0. The molecule has 0 unspecified atom stereocenters. The lowest BCUT2D eigenvalue weighted by atomic mass is 9.91. The van der Waals surface area contributed by atoms with E-state index in [1.807, 2.05) is 4.90 Å². The molecule has 1 saturated heterocycles. The second-order valence-electron chi connectivity index (χ2n) is 5.77. The first-order chi connectivity index (χ1) is 12.1. The van der Waals surface area contributed by atoms with E-state index in [9.17, 15) is 14.0 Å². The van der Waals surface area contributed by atoms with Gasteiger partial charge in [0.25, 0.3) is 0 Å². The van der Waals surface area contributed by atoms with E-state index in [4.69, 9.17) is 9.47 Å². The molecule has 7 nitrogen and oxygen atoms in total. The largest absolute Gasteiger partial charge is 0.465 e. The summed E-state index contributed by atoms with van der Waals surface area (Å²) in [5.74, 6) is -2.20. The van der Waals surface area contributed by atoms with E-state index in [0.29, 0.717) is 37.8 Å². The van der Waals surface area contributed by atoms with E-state index >= 15 is 0 Å². The fourth-order valence-electron chi connectivity index (χ4n) is 2.90. The van der Waals surface area contributed by atoms with Crippen molar-refractivity contribution in [3.05, 3.63) is 35.6 Å². The van der Waals surface area contributed by atoms with Gasteiger partial charge in [0.05, 0.1) is 19.8 Å². The number of nitrogens with zero attached hydrogens (tertiary/aromatic N) is 2. The van der Waals surface area contributed by atoms with Crippen LogP contribution >= 0.6 is 0 Å². The Morgan fingerprint density at radius 3 is 2.68 bits per heavy atom.